The van der Waals surface area contributed by atoms with Crippen LogP contribution in [0.5, 0.6) is 0 Å². The van der Waals surface area contributed by atoms with Crippen LogP contribution in [0.1, 0.15) is 11.3 Å². The number of pyridine rings is 1. The summed E-state index contributed by atoms with van der Waals surface area (Å²) in [5.74, 6) is 0. The van der Waals surface area contributed by atoms with Gasteiger partial charge < -0.3 is 5.73 Å². The molecule has 0 radical (unpaired) electrons. The van der Waals surface area contributed by atoms with Gasteiger partial charge in [-0.15, -0.1) is 0 Å². The van der Waals surface area contributed by atoms with E-state index in [2.05, 4.69) is 4.98 Å². The molecular weight excluding hydrogens is 126 g/mol. The summed E-state index contributed by atoms with van der Waals surface area (Å²) < 4.78 is 0. The Hall–Kier alpha value is -1.56. The molecule has 0 aliphatic carbocycles. The Labute approximate surface area is 59.1 Å². The van der Waals surface area contributed by atoms with Crippen molar-refractivity contribution in [2.45, 2.75) is 6.92 Å². The van der Waals surface area contributed by atoms with Crippen LogP contribution in [0, 0.1) is 18.3 Å². The van der Waals surface area contributed by atoms with Crippen molar-refractivity contribution >= 4 is 5.69 Å². The highest BCUT2D eigenvalue weighted by Crippen LogP contribution is 2.10. The number of nitriles is 1. The quantitative estimate of drug-likeness (QED) is 0.570. The molecule has 0 aromatic carbocycles. The molecule has 0 bridgehead atoms. The van der Waals surface area contributed by atoms with Crippen molar-refractivity contribution in [1.82, 2.24) is 4.98 Å². The van der Waals surface area contributed by atoms with E-state index >= 15 is 0 Å². The predicted octanol–water partition coefficient (Wildman–Crippen LogP) is 0.844. The Bertz CT molecular complexity index is 285. The lowest BCUT2D eigenvalue weighted by Crippen LogP contribution is -1.94. The molecule has 0 aliphatic heterocycles. The summed E-state index contributed by atoms with van der Waals surface area (Å²) in [6.07, 6.45) is 1.53. The maximum absolute atomic E-state index is 8.47. The van der Waals surface area contributed by atoms with Gasteiger partial charge in [0.2, 0.25) is 0 Å². The highest BCUT2D eigenvalue weighted by molar-refractivity contribution is 5.50. The molecule has 0 saturated carbocycles. The molecule has 1 rings (SSSR count). The normalized spacial score (nSPS) is 8.80. The Kier molecular flexibility index (Phi) is 1.55. The predicted molar refractivity (Wildman–Crippen MR) is 38.1 cm³/mol. The zero-order valence-electron chi connectivity index (χ0n) is 5.63. The summed E-state index contributed by atoms with van der Waals surface area (Å²) in [7, 11) is 0. The zero-order valence-corrected chi connectivity index (χ0v) is 5.63. The molecule has 0 aliphatic rings. The average molecular weight is 133 g/mol. The third kappa shape index (κ3) is 0.914. The fraction of sp³-hybridized carbons (Fsp3) is 0.143. The van der Waals surface area contributed by atoms with Crippen molar-refractivity contribution < 1.29 is 0 Å². The van der Waals surface area contributed by atoms with Crippen LogP contribution in [0.25, 0.3) is 0 Å². The zero-order chi connectivity index (χ0) is 7.56. The Morgan fingerprint density at radius 3 is 2.90 bits per heavy atom. The van der Waals surface area contributed by atoms with E-state index in [-0.39, 0.29) is 0 Å². The first-order valence-corrected chi connectivity index (χ1v) is 2.87. The van der Waals surface area contributed by atoms with Crippen LogP contribution in [0.2, 0.25) is 0 Å². The minimum absolute atomic E-state index is 0.403. The Morgan fingerprint density at radius 2 is 2.40 bits per heavy atom. The summed E-state index contributed by atoms with van der Waals surface area (Å²) in [4.78, 5) is 3.82. The van der Waals surface area contributed by atoms with Gasteiger partial charge in [0, 0.05) is 17.4 Å². The van der Waals surface area contributed by atoms with Gasteiger partial charge in [-0.25, -0.2) is 4.98 Å². The van der Waals surface area contributed by atoms with E-state index in [1.54, 1.807) is 13.0 Å². The smallest absolute Gasteiger partial charge is 0.145 e. The van der Waals surface area contributed by atoms with E-state index in [9.17, 15) is 0 Å². The number of nitrogens with zero attached hydrogens (tertiary/aromatic N) is 2. The second-order valence-electron chi connectivity index (χ2n) is 1.99. The second-order valence-corrected chi connectivity index (χ2v) is 1.99. The standard InChI is InChI=1S/C7H7N3/c1-5-6(9)2-3-10-7(5)4-8/h2-3H,1H3,(H2,9,10). The number of rotatable bonds is 0. The van der Waals surface area contributed by atoms with Gasteiger partial charge in [-0.1, -0.05) is 0 Å². The van der Waals surface area contributed by atoms with Crippen LogP contribution in [-0.2, 0) is 0 Å². The van der Waals surface area contributed by atoms with Crippen LogP contribution in [0.4, 0.5) is 5.69 Å². The van der Waals surface area contributed by atoms with Gasteiger partial charge in [-0.05, 0) is 13.0 Å². The van der Waals surface area contributed by atoms with Crippen LogP contribution < -0.4 is 5.73 Å². The van der Waals surface area contributed by atoms with Crippen LogP contribution >= 0.6 is 0 Å². The van der Waals surface area contributed by atoms with Crippen molar-refractivity contribution in [2.75, 3.05) is 5.73 Å². The molecule has 0 saturated heterocycles. The minimum atomic E-state index is 0.403. The van der Waals surface area contributed by atoms with Crippen molar-refractivity contribution in [3.63, 3.8) is 0 Å². The molecule has 0 amide bonds. The van der Waals surface area contributed by atoms with Gasteiger partial charge in [0.05, 0.1) is 0 Å². The van der Waals surface area contributed by atoms with Gasteiger partial charge in [0.1, 0.15) is 11.8 Å². The first-order chi connectivity index (χ1) is 4.75. The summed E-state index contributed by atoms with van der Waals surface area (Å²) in [6, 6.07) is 3.62. The lowest BCUT2D eigenvalue weighted by Gasteiger charge is -1.97. The molecule has 3 heteroatoms. The van der Waals surface area contributed by atoms with Gasteiger partial charge in [0.15, 0.2) is 0 Å². The molecule has 50 valence electrons. The molecule has 10 heavy (non-hydrogen) atoms. The third-order valence-corrected chi connectivity index (χ3v) is 1.35. The van der Waals surface area contributed by atoms with Crippen molar-refractivity contribution in [2.24, 2.45) is 0 Å². The highest BCUT2D eigenvalue weighted by Gasteiger charge is 1.98. The largest absolute Gasteiger partial charge is 0.398 e. The summed E-state index contributed by atoms with van der Waals surface area (Å²) in [5, 5.41) is 8.47. The van der Waals surface area contributed by atoms with E-state index in [4.69, 9.17) is 11.0 Å². The average Bonchev–Trinajstić information content (AvgIpc) is 1.95. The van der Waals surface area contributed by atoms with Crippen LogP contribution in [0.3, 0.4) is 0 Å². The second kappa shape index (κ2) is 2.36. The molecular formula is C7H7N3. The van der Waals surface area contributed by atoms with E-state index < -0.39 is 0 Å². The summed E-state index contributed by atoms with van der Waals surface area (Å²) >= 11 is 0. The number of hydrogen-bond donors (Lipinski definition) is 1. The SMILES string of the molecule is Cc1c(N)ccnc1C#N. The lowest BCUT2D eigenvalue weighted by molar-refractivity contribution is 1.21. The molecule has 1 aromatic rings. The number of aromatic nitrogens is 1. The van der Waals surface area contributed by atoms with Crippen molar-refractivity contribution in [1.29, 1.82) is 5.26 Å². The molecule has 2 N–H and O–H groups in total. The van der Waals surface area contributed by atoms with E-state index in [0.29, 0.717) is 11.4 Å². The summed E-state index contributed by atoms with van der Waals surface area (Å²) in [5.41, 5.74) is 7.28. The molecule has 3 nitrogen and oxygen atoms in total. The monoisotopic (exact) mass is 133 g/mol. The first kappa shape index (κ1) is 6.56. The minimum Gasteiger partial charge on any atom is -0.398 e. The number of hydrogen-bond acceptors (Lipinski definition) is 3. The van der Waals surface area contributed by atoms with Crippen LogP contribution in [-0.4, -0.2) is 4.98 Å². The fourth-order valence-corrected chi connectivity index (χ4v) is 0.663. The lowest BCUT2D eigenvalue weighted by atomic mass is 10.2. The van der Waals surface area contributed by atoms with E-state index in [0.717, 1.165) is 5.56 Å². The molecule has 1 aromatic heterocycles. The maximum Gasteiger partial charge on any atom is 0.145 e. The fourth-order valence-electron chi connectivity index (χ4n) is 0.663. The highest BCUT2D eigenvalue weighted by atomic mass is 14.7. The summed E-state index contributed by atoms with van der Waals surface area (Å²) in [6.45, 7) is 1.78. The number of nitrogen functional groups attached to an aromatic ring is 1. The van der Waals surface area contributed by atoms with E-state index in [1.165, 1.54) is 6.20 Å². The van der Waals surface area contributed by atoms with Gasteiger partial charge >= 0.3 is 0 Å². The topological polar surface area (TPSA) is 62.7 Å². The van der Waals surface area contributed by atoms with Gasteiger partial charge in [0.25, 0.3) is 0 Å². The number of nitrogens with two attached hydrogens (primary N) is 1. The molecule has 0 fully saturated rings. The molecule has 1 heterocycles. The molecule has 0 spiro atoms. The third-order valence-electron chi connectivity index (χ3n) is 1.35. The Balaban J connectivity index is 3.31. The van der Waals surface area contributed by atoms with E-state index in [1.807, 2.05) is 6.07 Å². The van der Waals surface area contributed by atoms with Gasteiger partial charge in [-0.2, -0.15) is 5.26 Å². The van der Waals surface area contributed by atoms with Crippen molar-refractivity contribution in [3.05, 3.63) is 23.5 Å². The molecule has 0 unspecified atom stereocenters. The Morgan fingerprint density at radius 1 is 1.70 bits per heavy atom. The maximum atomic E-state index is 8.47. The molecule has 0 atom stereocenters. The van der Waals surface area contributed by atoms with Gasteiger partial charge in [-0.3, -0.25) is 0 Å². The first-order valence-electron chi connectivity index (χ1n) is 2.87. The number of anilines is 1. The van der Waals surface area contributed by atoms with Crippen molar-refractivity contribution in [3.8, 4) is 6.07 Å². The van der Waals surface area contributed by atoms with Crippen LogP contribution in [0.15, 0.2) is 12.3 Å².